The lowest BCUT2D eigenvalue weighted by Crippen LogP contribution is -2.17. The monoisotopic (exact) mass is 226 g/mol. The fourth-order valence-corrected chi connectivity index (χ4v) is 2.51. The van der Waals surface area contributed by atoms with E-state index in [1.807, 2.05) is 12.3 Å². The molecule has 1 atom stereocenters. The number of pyridine rings is 1. The highest BCUT2D eigenvalue weighted by Crippen LogP contribution is 2.38. The Bertz CT molecular complexity index is 512. The first kappa shape index (κ1) is 10.7. The lowest BCUT2D eigenvalue weighted by Gasteiger charge is -2.18. The van der Waals surface area contributed by atoms with E-state index in [1.54, 1.807) is 0 Å². The van der Waals surface area contributed by atoms with Crippen LogP contribution >= 0.6 is 0 Å². The zero-order chi connectivity index (χ0) is 11.7. The van der Waals surface area contributed by atoms with Crippen LogP contribution in [0.25, 0.3) is 10.9 Å². The minimum absolute atomic E-state index is 0.468. The molecule has 1 fully saturated rings. The van der Waals surface area contributed by atoms with Crippen LogP contribution in [0.4, 0.5) is 0 Å². The Hall–Kier alpha value is -1.41. The maximum atomic E-state index is 4.43. The van der Waals surface area contributed by atoms with Crippen LogP contribution < -0.4 is 5.32 Å². The van der Waals surface area contributed by atoms with Gasteiger partial charge in [0, 0.05) is 17.6 Å². The molecule has 1 aliphatic carbocycles. The fraction of sp³-hybridized carbons (Fsp3) is 0.400. The van der Waals surface area contributed by atoms with Crippen LogP contribution in [-0.4, -0.2) is 12.0 Å². The normalized spacial score (nSPS) is 17.2. The molecule has 1 aromatic carbocycles. The zero-order valence-corrected chi connectivity index (χ0v) is 10.2. The van der Waals surface area contributed by atoms with Crippen molar-refractivity contribution in [3.63, 3.8) is 0 Å². The van der Waals surface area contributed by atoms with Gasteiger partial charge in [-0.05, 0) is 37.1 Å². The Balaban J connectivity index is 2.01. The Kier molecular flexibility index (Phi) is 2.81. The van der Waals surface area contributed by atoms with E-state index >= 15 is 0 Å². The summed E-state index contributed by atoms with van der Waals surface area (Å²) in [6, 6.07) is 11.0. The summed E-state index contributed by atoms with van der Waals surface area (Å²) in [7, 11) is 2.06. The van der Waals surface area contributed by atoms with Gasteiger partial charge >= 0.3 is 0 Å². The molecular weight excluding hydrogens is 208 g/mol. The van der Waals surface area contributed by atoms with Gasteiger partial charge in [-0.15, -0.1) is 0 Å². The van der Waals surface area contributed by atoms with Gasteiger partial charge in [0.25, 0.3) is 0 Å². The molecule has 1 aromatic heterocycles. The molecule has 0 aliphatic heterocycles. The maximum absolute atomic E-state index is 4.43. The van der Waals surface area contributed by atoms with Crippen LogP contribution in [0.5, 0.6) is 0 Å². The number of rotatable bonds is 4. The molecule has 2 nitrogen and oxygen atoms in total. The molecule has 0 amide bonds. The van der Waals surface area contributed by atoms with Crippen molar-refractivity contribution in [2.75, 3.05) is 7.05 Å². The van der Waals surface area contributed by atoms with Crippen molar-refractivity contribution >= 4 is 10.9 Å². The summed E-state index contributed by atoms with van der Waals surface area (Å²) < 4.78 is 0. The summed E-state index contributed by atoms with van der Waals surface area (Å²) in [5, 5.41) is 4.74. The van der Waals surface area contributed by atoms with E-state index in [0.29, 0.717) is 6.04 Å². The number of hydrogen-bond acceptors (Lipinski definition) is 2. The second-order valence-corrected chi connectivity index (χ2v) is 4.94. The summed E-state index contributed by atoms with van der Waals surface area (Å²) in [4.78, 5) is 4.43. The molecule has 0 bridgehead atoms. The molecule has 1 unspecified atom stereocenters. The lowest BCUT2D eigenvalue weighted by molar-refractivity contribution is 0.517. The van der Waals surface area contributed by atoms with Crippen LogP contribution in [0, 0.1) is 5.92 Å². The highest BCUT2D eigenvalue weighted by atomic mass is 14.9. The van der Waals surface area contributed by atoms with Crippen molar-refractivity contribution in [3.8, 4) is 0 Å². The van der Waals surface area contributed by atoms with Crippen LogP contribution in [0.3, 0.4) is 0 Å². The van der Waals surface area contributed by atoms with Crippen molar-refractivity contribution in [1.29, 1.82) is 0 Å². The first-order valence-electron chi connectivity index (χ1n) is 6.39. The third kappa shape index (κ3) is 2.18. The van der Waals surface area contributed by atoms with Crippen LogP contribution in [0.2, 0.25) is 0 Å². The third-order valence-electron chi connectivity index (χ3n) is 3.67. The molecule has 2 aromatic rings. The van der Waals surface area contributed by atoms with E-state index in [0.717, 1.165) is 11.4 Å². The number of fused-ring (bicyclic) bond motifs is 1. The van der Waals surface area contributed by atoms with E-state index in [-0.39, 0.29) is 0 Å². The van der Waals surface area contributed by atoms with Gasteiger partial charge in [0.2, 0.25) is 0 Å². The fourth-order valence-electron chi connectivity index (χ4n) is 2.51. The number of hydrogen-bond donors (Lipinski definition) is 1. The highest BCUT2D eigenvalue weighted by molar-refractivity contribution is 5.82. The zero-order valence-electron chi connectivity index (χ0n) is 10.2. The SMILES string of the molecule is CNC(CC1CC1)c1ccnc2ccccc12. The molecule has 1 N–H and O–H groups in total. The molecule has 2 heteroatoms. The van der Waals surface area contributed by atoms with Crippen molar-refractivity contribution < 1.29 is 0 Å². The van der Waals surface area contributed by atoms with Gasteiger partial charge < -0.3 is 5.32 Å². The summed E-state index contributed by atoms with van der Waals surface area (Å²) in [6.07, 6.45) is 5.99. The molecule has 1 saturated carbocycles. The predicted molar refractivity (Wildman–Crippen MR) is 70.9 cm³/mol. The van der Waals surface area contributed by atoms with Gasteiger partial charge in [-0.1, -0.05) is 31.0 Å². The second kappa shape index (κ2) is 4.46. The Labute approximate surface area is 102 Å². The van der Waals surface area contributed by atoms with Gasteiger partial charge in [-0.3, -0.25) is 4.98 Å². The number of aromatic nitrogens is 1. The molecule has 0 radical (unpaired) electrons. The van der Waals surface area contributed by atoms with Gasteiger partial charge in [0.05, 0.1) is 5.52 Å². The number of nitrogens with one attached hydrogen (secondary N) is 1. The molecular formula is C15H18N2. The summed E-state index contributed by atoms with van der Waals surface area (Å²) >= 11 is 0. The molecule has 1 heterocycles. The predicted octanol–water partition coefficient (Wildman–Crippen LogP) is 3.30. The lowest BCUT2D eigenvalue weighted by atomic mass is 9.98. The minimum Gasteiger partial charge on any atom is -0.313 e. The van der Waals surface area contributed by atoms with E-state index < -0.39 is 0 Å². The molecule has 1 aliphatic rings. The first-order valence-corrected chi connectivity index (χ1v) is 6.39. The Morgan fingerprint density at radius 3 is 2.88 bits per heavy atom. The second-order valence-electron chi connectivity index (χ2n) is 4.94. The average molecular weight is 226 g/mol. The van der Waals surface area contributed by atoms with Crippen molar-refractivity contribution in [2.45, 2.75) is 25.3 Å². The topological polar surface area (TPSA) is 24.9 Å². The molecule has 17 heavy (non-hydrogen) atoms. The number of para-hydroxylation sites is 1. The van der Waals surface area contributed by atoms with Crippen molar-refractivity contribution in [3.05, 3.63) is 42.1 Å². The third-order valence-corrected chi connectivity index (χ3v) is 3.67. The van der Waals surface area contributed by atoms with Gasteiger partial charge in [-0.2, -0.15) is 0 Å². The van der Waals surface area contributed by atoms with Gasteiger partial charge in [0.1, 0.15) is 0 Å². The van der Waals surface area contributed by atoms with E-state index in [4.69, 9.17) is 0 Å². The standard InChI is InChI=1S/C15H18N2/c1-16-15(10-11-6-7-11)13-8-9-17-14-5-3-2-4-12(13)14/h2-5,8-9,11,15-16H,6-7,10H2,1H3. The Morgan fingerprint density at radius 2 is 2.12 bits per heavy atom. The average Bonchev–Trinajstić information content (AvgIpc) is 3.19. The number of nitrogens with zero attached hydrogens (tertiary/aromatic N) is 1. The van der Waals surface area contributed by atoms with Gasteiger partial charge in [-0.25, -0.2) is 0 Å². The molecule has 88 valence electrons. The van der Waals surface area contributed by atoms with E-state index in [1.165, 1.54) is 30.2 Å². The minimum atomic E-state index is 0.468. The smallest absolute Gasteiger partial charge is 0.0705 e. The largest absolute Gasteiger partial charge is 0.313 e. The van der Waals surface area contributed by atoms with Crippen LogP contribution in [-0.2, 0) is 0 Å². The van der Waals surface area contributed by atoms with Crippen LogP contribution in [0.15, 0.2) is 36.5 Å². The maximum Gasteiger partial charge on any atom is 0.0705 e. The van der Waals surface area contributed by atoms with Crippen molar-refractivity contribution in [2.24, 2.45) is 5.92 Å². The quantitative estimate of drug-likeness (QED) is 0.865. The molecule has 0 saturated heterocycles. The highest BCUT2D eigenvalue weighted by Gasteiger charge is 2.26. The summed E-state index contributed by atoms with van der Waals surface area (Å²) in [5.74, 6) is 0.930. The van der Waals surface area contributed by atoms with E-state index in [2.05, 4.69) is 41.6 Å². The van der Waals surface area contributed by atoms with E-state index in [9.17, 15) is 0 Å². The van der Waals surface area contributed by atoms with Crippen LogP contribution in [0.1, 0.15) is 30.9 Å². The Morgan fingerprint density at radius 1 is 1.29 bits per heavy atom. The summed E-state index contributed by atoms with van der Waals surface area (Å²) in [6.45, 7) is 0. The van der Waals surface area contributed by atoms with Gasteiger partial charge in [0.15, 0.2) is 0 Å². The number of benzene rings is 1. The van der Waals surface area contributed by atoms with Crippen molar-refractivity contribution in [1.82, 2.24) is 10.3 Å². The first-order chi connectivity index (χ1) is 8.38. The summed E-state index contributed by atoms with van der Waals surface area (Å²) in [5.41, 5.74) is 2.49. The molecule has 3 rings (SSSR count). The molecule has 0 spiro atoms.